The minimum Gasteiger partial charge on any atom is -0.398 e. The quantitative estimate of drug-likeness (QED) is 0.823. The molecule has 112 valence electrons. The van der Waals surface area contributed by atoms with Crippen molar-refractivity contribution < 1.29 is 13.5 Å². The molecule has 0 bridgehead atoms. The Balaban J connectivity index is 2.30. The number of aryl methyl sites for hydroxylation is 2. The van der Waals surface area contributed by atoms with Gasteiger partial charge in [0.05, 0.1) is 5.69 Å². The smallest absolute Gasteiger partial charge is 0.245 e. The summed E-state index contributed by atoms with van der Waals surface area (Å²) in [6, 6.07) is 3.36. The summed E-state index contributed by atoms with van der Waals surface area (Å²) in [5.74, 6) is 0.207. The third-order valence-corrected chi connectivity index (χ3v) is 6.03. The predicted molar refractivity (Wildman–Crippen MR) is 78.9 cm³/mol. The highest BCUT2D eigenvalue weighted by molar-refractivity contribution is 7.89. The molecule has 0 spiro atoms. The number of piperidine rings is 1. The Bertz CT molecular complexity index is 591. The van der Waals surface area contributed by atoms with Crippen LogP contribution in [0, 0.1) is 19.8 Å². The molecule has 1 aliphatic heterocycles. The minimum absolute atomic E-state index is 0.125. The van der Waals surface area contributed by atoms with Crippen LogP contribution in [-0.2, 0) is 10.0 Å². The largest absolute Gasteiger partial charge is 0.398 e. The molecule has 1 aromatic carbocycles. The maximum Gasteiger partial charge on any atom is 0.245 e. The van der Waals surface area contributed by atoms with E-state index in [4.69, 9.17) is 10.8 Å². The number of anilines is 1. The zero-order chi connectivity index (χ0) is 14.9. The lowest BCUT2D eigenvalue weighted by Gasteiger charge is -2.30. The Kier molecular flexibility index (Phi) is 4.36. The number of benzene rings is 1. The molecule has 0 aromatic heterocycles. The molecule has 0 radical (unpaired) electrons. The van der Waals surface area contributed by atoms with E-state index in [1.54, 1.807) is 12.1 Å². The highest BCUT2D eigenvalue weighted by Gasteiger charge is 2.30. The minimum atomic E-state index is -3.54. The molecule has 0 amide bonds. The average molecular weight is 298 g/mol. The van der Waals surface area contributed by atoms with Crippen molar-refractivity contribution in [2.75, 3.05) is 25.4 Å². The van der Waals surface area contributed by atoms with Gasteiger partial charge in [-0.1, -0.05) is 0 Å². The molecule has 0 saturated carbocycles. The summed E-state index contributed by atoms with van der Waals surface area (Å²) >= 11 is 0. The fraction of sp³-hybridized carbons (Fsp3) is 0.571. The van der Waals surface area contributed by atoms with Crippen LogP contribution < -0.4 is 5.73 Å². The normalized spacial score (nSPS) is 18.4. The van der Waals surface area contributed by atoms with E-state index < -0.39 is 10.0 Å². The van der Waals surface area contributed by atoms with Crippen molar-refractivity contribution in [1.82, 2.24) is 4.31 Å². The van der Waals surface area contributed by atoms with Crippen LogP contribution in [0.4, 0.5) is 5.69 Å². The fourth-order valence-corrected chi connectivity index (χ4v) is 4.16. The van der Waals surface area contributed by atoms with Crippen LogP contribution in [0.15, 0.2) is 17.0 Å². The van der Waals surface area contributed by atoms with Gasteiger partial charge >= 0.3 is 0 Å². The lowest BCUT2D eigenvalue weighted by Crippen LogP contribution is -2.39. The van der Waals surface area contributed by atoms with Gasteiger partial charge in [0.15, 0.2) is 0 Å². The van der Waals surface area contributed by atoms with Gasteiger partial charge in [-0.05, 0) is 55.9 Å². The molecule has 0 atom stereocenters. The molecule has 3 N–H and O–H groups in total. The lowest BCUT2D eigenvalue weighted by atomic mass is 10.00. The first-order valence-electron chi connectivity index (χ1n) is 6.84. The third-order valence-electron chi connectivity index (χ3n) is 4.08. The first-order valence-corrected chi connectivity index (χ1v) is 8.28. The number of rotatable bonds is 3. The van der Waals surface area contributed by atoms with Crippen LogP contribution in [0.2, 0.25) is 0 Å². The topological polar surface area (TPSA) is 83.6 Å². The number of nitrogens with two attached hydrogens (primary N) is 1. The van der Waals surface area contributed by atoms with Crippen molar-refractivity contribution in [1.29, 1.82) is 0 Å². The van der Waals surface area contributed by atoms with Gasteiger partial charge in [-0.25, -0.2) is 8.42 Å². The Hall–Kier alpha value is -1.11. The second-order valence-corrected chi connectivity index (χ2v) is 7.41. The van der Waals surface area contributed by atoms with Gasteiger partial charge in [-0.3, -0.25) is 0 Å². The number of aliphatic hydroxyl groups is 1. The summed E-state index contributed by atoms with van der Waals surface area (Å²) in [4.78, 5) is 0.197. The molecule has 1 aliphatic rings. The Labute approximate surface area is 120 Å². The summed E-state index contributed by atoms with van der Waals surface area (Å²) in [6.07, 6.45) is 1.39. The van der Waals surface area contributed by atoms with E-state index in [-0.39, 0.29) is 17.4 Å². The summed E-state index contributed by atoms with van der Waals surface area (Å²) in [7, 11) is -3.54. The SMILES string of the molecule is Cc1cc(N)c(S(=O)(=O)N2CCC(CO)CC2)cc1C. The highest BCUT2D eigenvalue weighted by Crippen LogP contribution is 2.28. The van der Waals surface area contributed by atoms with Gasteiger partial charge in [0.2, 0.25) is 10.0 Å². The number of hydrogen-bond donors (Lipinski definition) is 2. The second kappa shape index (κ2) is 5.71. The number of nitrogens with zero attached hydrogens (tertiary/aromatic N) is 1. The Morgan fingerprint density at radius 1 is 1.25 bits per heavy atom. The van der Waals surface area contributed by atoms with Crippen LogP contribution >= 0.6 is 0 Å². The van der Waals surface area contributed by atoms with Crippen LogP contribution in [0.3, 0.4) is 0 Å². The number of hydrogen-bond acceptors (Lipinski definition) is 4. The molecule has 20 heavy (non-hydrogen) atoms. The molecule has 0 aliphatic carbocycles. The molecule has 1 heterocycles. The number of sulfonamides is 1. The average Bonchev–Trinajstić information content (AvgIpc) is 2.42. The molecular formula is C14H22N2O3S. The molecule has 0 unspecified atom stereocenters. The molecular weight excluding hydrogens is 276 g/mol. The molecule has 2 rings (SSSR count). The van der Waals surface area contributed by atoms with E-state index in [1.807, 2.05) is 13.8 Å². The van der Waals surface area contributed by atoms with Crippen molar-refractivity contribution in [3.05, 3.63) is 23.3 Å². The number of aliphatic hydroxyl groups excluding tert-OH is 1. The first kappa shape index (κ1) is 15.3. The van der Waals surface area contributed by atoms with Crippen molar-refractivity contribution in [3.63, 3.8) is 0 Å². The molecule has 5 nitrogen and oxygen atoms in total. The second-order valence-electron chi connectivity index (χ2n) is 5.50. The summed E-state index contributed by atoms with van der Waals surface area (Å²) in [5.41, 5.74) is 8.10. The van der Waals surface area contributed by atoms with Gasteiger partial charge in [0.1, 0.15) is 4.90 Å². The third kappa shape index (κ3) is 2.82. The van der Waals surface area contributed by atoms with Crippen molar-refractivity contribution in [3.8, 4) is 0 Å². The maximum absolute atomic E-state index is 12.7. The van der Waals surface area contributed by atoms with Crippen molar-refractivity contribution in [2.24, 2.45) is 5.92 Å². The maximum atomic E-state index is 12.7. The van der Waals surface area contributed by atoms with E-state index in [2.05, 4.69) is 0 Å². The zero-order valence-electron chi connectivity index (χ0n) is 12.0. The summed E-state index contributed by atoms with van der Waals surface area (Å²) in [5, 5.41) is 9.12. The van der Waals surface area contributed by atoms with Gasteiger partial charge in [-0.15, -0.1) is 0 Å². The standard InChI is InChI=1S/C14H22N2O3S/c1-10-7-13(15)14(8-11(10)2)20(18,19)16-5-3-12(9-17)4-6-16/h7-8,12,17H,3-6,9,15H2,1-2H3. The monoisotopic (exact) mass is 298 g/mol. The Morgan fingerprint density at radius 2 is 1.80 bits per heavy atom. The van der Waals surface area contributed by atoms with Crippen LogP contribution in [0.25, 0.3) is 0 Å². The van der Waals surface area contributed by atoms with E-state index >= 15 is 0 Å². The molecule has 1 aromatic rings. The Morgan fingerprint density at radius 3 is 2.35 bits per heavy atom. The van der Waals surface area contributed by atoms with Gasteiger partial charge in [0.25, 0.3) is 0 Å². The first-order chi connectivity index (χ1) is 9.36. The van der Waals surface area contributed by atoms with Crippen molar-refractivity contribution in [2.45, 2.75) is 31.6 Å². The molecule has 1 fully saturated rings. The van der Waals surface area contributed by atoms with Crippen LogP contribution in [0.5, 0.6) is 0 Å². The van der Waals surface area contributed by atoms with E-state index in [9.17, 15) is 8.42 Å². The fourth-order valence-electron chi connectivity index (χ4n) is 2.51. The van der Waals surface area contributed by atoms with E-state index in [0.717, 1.165) is 11.1 Å². The van der Waals surface area contributed by atoms with Gasteiger partial charge in [-0.2, -0.15) is 4.31 Å². The number of nitrogen functional groups attached to an aromatic ring is 1. The lowest BCUT2D eigenvalue weighted by molar-refractivity contribution is 0.170. The summed E-state index contributed by atoms with van der Waals surface area (Å²) < 4.78 is 26.8. The predicted octanol–water partition coefficient (Wildman–Crippen LogP) is 1.28. The van der Waals surface area contributed by atoms with Gasteiger partial charge in [0, 0.05) is 19.7 Å². The summed E-state index contributed by atoms with van der Waals surface area (Å²) in [6.45, 7) is 4.81. The van der Waals surface area contributed by atoms with E-state index in [1.165, 1.54) is 4.31 Å². The van der Waals surface area contributed by atoms with Crippen LogP contribution in [0.1, 0.15) is 24.0 Å². The van der Waals surface area contributed by atoms with Crippen LogP contribution in [-0.4, -0.2) is 37.5 Å². The molecule has 6 heteroatoms. The van der Waals surface area contributed by atoms with Gasteiger partial charge < -0.3 is 10.8 Å². The highest BCUT2D eigenvalue weighted by atomic mass is 32.2. The zero-order valence-corrected chi connectivity index (χ0v) is 12.8. The van der Waals surface area contributed by atoms with E-state index in [0.29, 0.717) is 31.6 Å². The molecule has 1 saturated heterocycles. The van der Waals surface area contributed by atoms with Crippen molar-refractivity contribution >= 4 is 15.7 Å².